The van der Waals surface area contributed by atoms with E-state index in [4.69, 9.17) is 0 Å². The first-order valence-corrected chi connectivity index (χ1v) is 12.2. The number of rotatable bonds is 2. The van der Waals surface area contributed by atoms with Gasteiger partial charge in [0.05, 0.1) is 11.9 Å². The molecule has 0 radical (unpaired) electrons. The monoisotopic (exact) mass is 421 g/mol. The van der Waals surface area contributed by atoms with Crippen LogP contribution in [0.1, 0.15) is 52.9 Å². The summed E-state index contributed by atoms with van der Waals surface area (Å²) in [4.78, 5) is 2.15. The number of hydrogen-bond acceptors (Lipinski definition) is 6. The van der Waals surface area contributed by atoms with E-state index < -0.39 is 15.6 Å². The third-order valence-electron chi connectivity index (χ3n) is 8.37. The molecule has 4 aliphatic carbocycles. The van der Waals surface area contributed by atoms with Gasteiger partial charge < -0.3 is 10.3 Å². The zero-order chi connectivity index (χ0) is 21.2. The number of oxime groups is 1. The summed E-state index contributed by atoms with van der Waals surface area (Å²) in [6, 6.07) is 0. The molecule has 0 heterocycles. The van der Waals surface area contributed by atoms with Gasteiger partial charge in [-0.2, -0.15) is 5.10 Å². The van der Waals surface area contributed by atoms with Gasteiger partial charge in [-0.25, -0.2) is 13.2 Å². The highest BCUT2D eigenvalue weighted by Crippen LogP contribution is 2.65. The maximum atomic E-state index is 11.4. The number of allylic oxidation sites excluding steroid dienone is 3. The van der Waals surface area contributed by atoms with Crippen LogP contribution < -0.4 is 4.83 Å². The summed E-state index contributed by atoms with van der Waals surface area (Å²) in [7, 11) is -3.48. The Morgan fingerprint density at radius 3 is 2.62 bits per heavy atom. The maximum Gasteiger partial charge on any atom is 0.244 e. The normalized spacial score (nSPS) is 46.8. The van der Waals surface area contributed by atoms with Crippen molar-refractivity contribution in [1.82, 2.24) is 4.83 Å². The lowest BCUT2D eigenvalue weighted by Crippen LogP contribution is -2.55. The molecule has 4 aliphatic rings. The first-order valence-electron chi connectivity index (χ1n) is 10.3. The van der Waals surface area contributed by atoms with E-state index in [-0.39, 0.29) is 10.8 Å². The highest BCUT2D eigenvalue weighted by molar-refractivity contribution is 7.88. The molecule has 8 heteroatoms. The van der Waals surface area contributed by atoms with E-state index in [2.05, 4.69) is 35.0 Å². The van der Waals surface area contributed by atoms with Crippen LogP contribution in [0.4, 0.5) is 0 Å². The van der Waals surface area contributed by atoms with Crippen molar-refractivity contribution in [2.75, 3.05) is 6.26 Å². The van der Waals surface area contributed by atoms with Crippen molar-refractivity contribution in [2.45, 2.75) is 58.5 Å². The number of nitrogens with one attached hydrogen (secondary N) is 1. The highest BCUT2D eigenvalue weighted by Gasteiger charge is 2.60. The van der Waals surface area contributed by atoms with Gasteiger partial charge >= 0.3 is 0 Å². The Morgan fingerprint density at radius 2 is 1.97 bits per heavy atom. The third kappa shape index (κ3) is 3.06. The fourth-order valence-electron chi connectivity index (χ4n) is 6.49. The van der Waals surface area contributed by atoms with Crippen LogP contribution in [0.3, 0.4) is 0 Å². The number of nitrogens with zero attached hydrogens (tertiary/aromatic N) is 2. The smallest absolute Gasteiger partial charge is 0.244 e. The molecule has 6 atom stereocenters. The van der Waals surface area contributed by atoms with Crippen LogP contribution in [0, 0.1) is 28.6 Å². The molecule has 0 aromatic rings. The second-order valence-corrected chi connectivity index (χ2v) is 11.7. The summed E-state index contributed by atoms with van der Waals surface area (Å²) >= 11 is 0. The Kier molecular flexibility index (Phi) is 4.55. The summed E-state index contributed by atoms with van der Waals surface area (Å²) in [6.45, 7) is 6.38. The van der Waals surface area contributed by atoms with Gasteiger partial charge in [0.25, 0.3) is 0 Å². The van der Waals surface area contributed by atoms with Crippen molar-refractivity contribution in [1.29, 1.82) is 0 Å². The molecular formula is C21H31N3O4S. The molecule has 0 unspecified atom stereocenters. The van der Waals surface area contributed by atoms with E-state index in [0.29, 0.717) is 35.6 Å². The van der Waals surface area contributed by atoms with E-state index in [1.54, 1.807) is 0 Å². The molecule has 0 aromatic heterocycles. The van der Waals surface area contributed by atoms with Crippen LogP contribution >= 0.6 is 0 Å². The molecule has 0 amide bonds. The lowest BCUT2D eigenvalue weighted by atomic mass is 9.46. The Bertz CT molecular complexity index is 949. The number of hydrazone groups is 1. The summed E-state index contributed by atoms with van der Waals surface area (Å²) in [5.74, 6) is 1.22. The summed E-state index contributed by atoms with van der Waals surface area (Å²) < 4.78 is 22.8. The Labute approximate surface area is 172 Å². The standard InChI is InChI=1S/C21H31N3O4S/c1-19-12-18(23-26)17(22-24-29(4,27)28)11-13(19)5-6-14-15(19)7-9-20(2)16(14)8-10-21(20,3)25/h8,10-11,14-16,24-26H,5-7,9,12H2,1-4H3/b22-17+,23-18-/t14-,15+,16+,19+,20+,21+/m1/s1. The largest absolute Gasteiger partial charge is 0.411 e. The summed E-state index contributed by atoms with van der Waals surface area (Å²) in [6.07, 6.45) is 11.6. The minimum atomic E-state index is -3.48. The lowest BCUT2D eigenvalue weighted by molar-refractivity contribution is -0.103. The molecule has 0 aromatic carbocycles. The van der Waals surface area contributed by atoms with Crippen LogP contribution in [0.25, 0.3) is 0 Å². The molecule has 160 valence electrons. The predicted molar refractivity (Wildman–Crippen MR) is 112 cm³/mol. The molecule has 0 spiro atoms. The molecule has 2 saturated carbocycles. The van der Waals surface area contributed by atoms with Gasteiger partial charge in [0.1, 0.15) is 11.4 Å². The quantitative estimate of drug-likeness (QED) is 0.362. The Balaban J connectivity index is 1.69. The molecule has 7 nitrogen and oxygen atoms in total. The number of aliphatic hydroxyl groups is 1. The lowest BCUT2D eigenvalue weighted by Gasteiger charge is -2.58. The molecule has 3 N–H and O–H groups in total. The SMILES string of the molecule is C[C@]12CC(=N/O)/C(=N/NS(C)(=O)=O)C=C1CC[C@@H]1[C@@H]2CC[C@@]2(C)[C@H]1C=C[C@]2(C)O. The van der Waals surface area contributed by atoms with Crippen LogP contribution in [0.2, 0.25) is 0 Å². The van der Waals surface area contributed by atoms with E-state index in [9.17, 15) is 18.7 Å². The van der Waals surface area contributed by atoms with Crippen molar-refractivity contribution in [3.63, 3.8) is 0 Å². The van der Waals surface area contributed by atoms with Gasteiger partial charge in [0.2, 0.25) is 10.0 Å². The Morgan fingerprint density at radius 1 is 1.24 bits per heavy atom. The second kappa shape index (κ2) is 6.41. The fourth-order valence-corrected chi connectivity index (χ4v) is 6.75. The van der Waals surface area contributed by atoms with Crippen LogP contribution in [0.5, 0.6) is 0 Å². The fraction of sp³-hybridized carbons (Fsp3) is 0.714. The van der Waals surface area contributed by atoms with E-state index in [1.165, 1.54) is 5.57 Å². The van der Waals surface area contributed by atoms with Gasteiger partial charge in [0.15, 0.2) is 0 Å². The van der Waals surface area contributed by atoms with E-state index >= 15 is 0 Å². The van der Waals surface area contributed by atoms with E-state index in [1.807, 2.05) is 19.1 Å². The first-order chi connectivity index (χ1) is 13.4. The third-order valence-corrected chi connectivity index (χ3v) is 8.79. The van der Waals surface area contributed by atoms with Gasteiger partial charge in [0, 0.05) is 11.8 Å². The van der Waals surface area contributed by atoms with Crippen molar-refractivity contribution >= 4 is 21.4 Å². The topological polar surface area (TPSA) is 111 Å². The Hall–Kier alpha value is -1.67. The van der Waals surface area contributed by atoms with Crippen LogP contribution in [0.15, 0.2) is 34.1 Å². The summed E-state index contributed by atoms with van der Waals surface area (Å²) in [5, 5.41) is 28.0. The van der Waals surface area contributed by atoms with Crippen LogP contribution in [-0.4, -0.2) is 42.0 Å². The second-order valence-electron chi connectivity index (χ2n) is 9.97. The van der Waals surface area contributed by atoms with Gasteiger partial charge in [-0.1, -0.05) is 36.7 Å². The average Bonchev–Trinajstić information content (AvgIpc) is 2.88. The van der Waals surface area contributed by atoms with Crippen molar-refractivity contribution in [3.05, 3.63) is 23.8 Å². The highest BCUT2D eigenvalue weighted by atomic mass is 32.2. The number of hydrogen-bond donors (Lipinski definition) is 3. The van der Waals surface area contributed by atoms with Crippen LogP contribution in [-0.2, 0) is 10.0 Å². The zero-order valence-electron chi connectivity index (χ0n) is 17.5. The summed E-state index contributed by atoms with van der Waals surface area (Å²) in [5.41, 5.74) is 0.973. The molecule has 0 saturated heterocycles. The molecule has 0 bridgehead atoms. The number of fused-ring (bicyclic) bond motifs is 5. The minimum absolute atomic E-state index is 0.139. The van der Waals surface area contributed by atoms with Gasteiger partial charge in [-0.3, -0.25) is 0 Å². The van der Waals surface area contributed by atoms with Gasteiger partial charge in [-0.05, 0) is 61.9 Å². The molecule has 2 fully saturated rings. The zero-order valence-corrected chi connectivity index (χ0v) is 18.3. The molecular weight excluding hydrogens is 390 g/mol. The first kappa shape index (κ1) is 20.6. The predicted octanol–water partition coefficient (Wildman–Crippen LogP) is 2.82. The van der Waals surface area contributed by atoms with Crippen molar-refractivity contribution in [3.8, 4) is 0 Å². The van der Waals surface area contributed by atoms with Crippen molar-refractivity contribution in [2.24, 2.45) is 38.8 Å². The molecule has 29 heavy (non-hydrogen) atoms. The van der Waals surface area contributed by atoms with Crippen molar-refractivity contribution < 1.29 is 18.7 Å². The maximum absolute atomic E-state index is 11.4. The van der Waals surface area contributed by atoms with Gasteiger partial charge in [-0.15, -0.1) is 0 Å². The number of sulfonamides is 1. The minimum Gasteiger partial charge on any atom is -0.411 e. The molecule has 4 rings (SSSR count). The van der Waals surface area contributed by atoms with E-state index in [0.717, 1.165) is 31.9 Å². The molecule has 0 aliphatic heterocycles. The average molecular weight is 422 g/mol.